The van der Waals surface area contributed by atoms with Crippen LogP contribution in [0.5, 0.6) is 0 Å². The first kappa shape index (κ1) is 22.0. The van der Waals surface area contributed by atoms with Gasteiger partial charge in [-0.05, 0) is 29.8 Å². The normalized spacial score (nSPS) is 11.0. The van der Waals surface area contributed by atoms with Crippen LogP contribution in [0.15, 0.2) is 90.0 Å². The predicted octanol–water partition coefficient (Wildman–Crippen LogP) is 2.70. The lowest BCUT2D eigenvalue weighted by atomic mass is 10.1. The fourth-order valence-electron chi connectivity index (χ4n) is 3.98. The number of hydrogen-bond acceptors (Lipinski definition) is 5. The molecule has 9 nitrogen and oxygen atoms in total. The van der Waals surface area contributed by atoms with E-state index in [4.69, 9.17) is 0 Å². The van der Waals surface area contributed by atoms with Crippen molar-refractivity contribution in [3.63, 3.8) is 0 Å². The van der Waals surface area contributed by atoms with Crippen LogP contribution < -0.4 is 16.1 Å². The summed E-state index contributed by atoms with van der Waals surface area (Å²) in [5.41, 5.74) is 2.26. The van der Waals surface area contributed by atoms with E-state index >= 15 is 0 Å². The van der Waals surface area contributed by atoms with Gasteiger partial charge in [-0.15, -0.1) is 5.10 Å². The summed E-state index contributed by atoms with van der Waals surface area (Å²) in [7, 11) is 0. The molecular formula is C26H22N6O3. The third-order valence-corrected chi connectivity index (χ3v) is 5.61. The largest absolute Gasteiger partial charge is 0.350 e. The van der Waals surface area contributed by atoms with Crippen LogP contribution in [0.3, 0.4) is 0 Å². The second-order valence-electron chi connectivity index (χ2n) is 8.03. The lowest BCUT2D eigenvalue weighted by Crippen LogP contribution is -2.27. The smallest absolute Gasteiger partial charge is 0.248 e. The van der Waals surface area contributed by atoms with Gasteiger partial charge in [0.25, 0.3) is 0 Å². The molecule has 0 saturated carbocycles. The van der Waals surface area contributed by atoms with Crippen LogP contribution >= 0.6 is 0 Å². The molecular weight excluding hydrogens is 444 g/mol. The average molecular weight is 467 g/mol. The molecule has 0 unspecified atom stereocenters. The van der Waals surface area contributed by atoms with E-state index in [9.17, 15) is 14.4 Å². The Kier molecular flexibility index (Phi) is 6.04. The molecule has 9 heteroatoms. The summed E-state index contributed by atoms with van der Waals surface area (Å²) in [6.45, 7) is 0.358. The Bertz CT molecular complexity index is 1530. The molecule has 174 valence electrons. The van der Waals surface area contributed by atoms with Crippen molar-refractivity contribution in [2.75, 3.05) is 5.32 Å². The van der Waals surface area contributed by atoms with Gasteiger partial charge in [0.15, 0.2) is 5.43 Å². The molecule has 5 aromatic rings. The van der Waals surface area contributed by atoms with Crippen LogP contribution in [0.25, 0.3) is 21.8 Å². The number of nitrogens with zero attached hydrogens (tertiary/aromatic N) is 4. The fraction of sp³-hybridized carbons (Fsp3) is 0.115. The van der Waals surface area contributed by atoms with E-state index < -0.39 is 0 Å². The highest BCUT2D eigenvalue weighted by Gasteiger charge is 2.14. The fourth-order valence-corrected chi connectivity index (χ4v) is 3.98. The molecule has 0 spiro atoms. The zero-order valence-corrected chi connectivity index (χ0v) is 18.7. The lowest BCUT2D eigenvalue weighted by molar-refractivity contribution is -0.122. The summed E-state index contributed by atoms with van der Waals surface area (Å²) in [6.07, 6.45) is 1.39. The van der Waals surface area contributed by atoms with Gasteiger partial charge in [0.1, 0.15) is 19.4 Å². The minimum Gasteiger partial charge on any atom is -0.350 e. The minimum atomic E-state index is -0.352. The number of carbonyl (C=O) groups is 2. The van der Waals surface area contributed by atoms with Gasteiger partial charge >= 0.3 is 0 Å². The molecule has 5 rings (SSSR count). The standard InChI is InChI=1S/C26H22N6O3/c33-23(27-14-18-8-2-1-3-9-18)15-31-17-28-26(30-31)29-24(34)16-32-21-12-6-4-10-19(21)25(35)20-11-5-7-13-22(20)32/h1-13,17H,14-16H2,(H,27,33)(H,29,30,34). The Balaban J connectivity index is 1.28. The number of benzene rings is 3. The minimum absolute atomic E-state index is 0.0231. The van der Waals surface area contributed by atoms with Gasteiger partial charge in [0.2, 0.25) is 17.8 Å². The van der Waals surface area contributed by atoms with Crippen LogP contribution in [-0.2, 0) is 29.2 Å². The number of pyridine rings is 1. The molecule has 0 aliphatic carbocycles. The van der Waals surface area contributed by atoms with Crippen molar-refractivity contribution in [3.8, 4) is 0 Å². The Labute approximate surface area is 200 Å². The van der Waals surface area contributed by atoms with Gasteiger partial charge in [-0.1, -0.05) is 54.6 Å². The average Bonchev–Trinajstić information content (AvgIpc) is 3.32. The first-order chi connectivity index (χ1) is 17.1. The van der Waals surface area contributed by atoms with E-state index in [1.165, 1.54) is 11.0 Å². The number of nitrogens with one attached hydrogen (secondary N) is 2. The van der Waals surface area contributed by atoms with Crippen LogP contribution in [0.2, 0.25) is 0 Å². The monoisotopic (exact) mass is 466 g/mol. The number of carbonyl (C=O) groups excluding carboxylic acids is 2. The number of hydrogen-bond donors (Lipinski definition) is 2. The van der Waals surface area contributed by atoms with Gasteiger partial charge < -0.3 is 9.88 Å². The summed E-state index contributed by atoms with van der Waals surface area (Å²) >= 11 is 0. The molecule has 3 aromatic carbocycles. The van der Waals surface area contributed by atoms with Crippen LogP contribution in [-0.4, -0.2) is 31.1 Å². The number of para-hydroxylation sites is 2. The molecule has 2 amide bonds. The second kappa shape index (κ2) is 9.60. The van der Waals surface area contributed by atoms with E-state index in [0.717, 1.165) is 5.56 Å². The van der Waals surface area contributed by atoms with Crippen molar-refractivity contribution in [1.82, 2.24) is 24.6 Å². The Hall–Kier alpha value is -4.79. The zero-order chi connectivity index (χ0) is 24.2. The highest BCUT2D eigenvalue weighted by Crippen LogP contribution is 2.19. The first-order valence-corrected chi connectivity index (χ1v) is 11.1. The molecule has 0 radical (unpaired) electrons. The van der Waals surface area contributed by atoms with Crippen LogP contribution in [0.1, 0.15) is 5.56 Å². The summed E-state index contributed by atoms with van der Waals surface area (Å²) < 4.78 is 3.16. The van der Waals surface area contributed by atoms with Crippen molar-refractivity contribution in [2.45, 2.75) is 19.6 Å². The first-order valence-electron chi connectivity index (χ1n) is 11.1. The van der Waals surface area contributed by atoms with Crippen molar-refractivity contribution < 1.29 is 9.59 Å². The van der Waals surface area contributed by atoms with Crippen molar-refractivity contribution in [1.29, 1.82) is 0 Å². The second-order valence-corrected chi connectivity index (χ2v) is 8.03. The Morgan fingerprint density at radius 1 is 0.771 bits per heavy atom. The van der Waals surface area contributed by atoms with E-state index in [1.54, 1.807) is 28.8 Å². The van der Waals surface area contributed by atoms with Crippen molar-refractivity contribution in [2.24, 2.45) is 0 Å². The predicted molar refractivity (Wildman–Crippen MR) is 133 cm³/mol. The van der Waals surface area contributed by atoms with Gasteiger partial charge in [0, 0.05) is 17.3 Å². The molecule has 0 aliphatic heterocycles. The molecule has 0 atom stereocenters. The quantitative estimate of drug-likeness (QED) is 0.358. The number of amides is 2. The summed E-state index contributed by atoms with van der Waals surface area (Å²) in [4.78, 5) is 42.0. The molecule has 0 saturated heterocycles. The van der Waals surface area contributed by atoms with Crippen LogP contribution in [0, 0.1) is 0 Å². The molecule has 2 aromatic heterocycles. The molecule has 0 bridgehead atoms. The maximum Gasteiger partial charge on any atom is 0.248 e. The molecule has 2 N–H and O–H groups in total. The van der Waals surface area contributed by atoms with E-state index in [2.05, 4.69) is 20.7 Å². The third kappa shape index (κ3) is 4.79. The number of anilines is 1. The van der Waals surface area contributed by atoms with E-state index in [1.807, 2.05) is 54.6 Å². The third-order valence-electron chi connectivity index (χ3n) is 5.61. The summed E-state index contributed by atoms with van der Waals surface area (Å²) in [6, 6.07) is 24.0. The van der Waals surface area contributed by atoms with Crippen molar-refractivity contribution >= 4 is 39.6 Å². The number of fused-ring (bicyclic) bond motifs is 2. The highest BCUT2D eigenvalue weighted by atomic mass is 16.2. The highest BCUT2D eigenvalue weighted by molar-refractivity contribution is 5.96. The number of rotatable bonds is 7. The molecule has 0 aliphatic rings. The maximum absolute atomic E-state index is 12.9. The summed E-state index contributed by atoms with van der Waals surface area (Å²) in [5, 5.41) is 10.8. The Morgan fingerprint density at radius 2 is 1.40 bits per heavy atom. The van der Waals surface area contributed by atoms with E-state index in [-0.39, 0.29) is 36.3 Å². The summed E-state index contributed by atoms with van der Waals surface area (Å²) in [5.74, 6) is -0.474. The zero-order valence-electron chi connectivity index (χ0n) is 18.7. The molecule has 2 heterocycles. The number of aromatic nitrogens is 4. The van der Waals surface area contributed by atoms with Crippen LogP contribution in [0.4, 0.5) is 5.95 Å². The molecule has 0 fully saturated rings. The maximum atomic E-state index is 12.9. The van der Waals surface area contributed by atoms with Gasteiger partial charge in [-0.25, -0.2) is 9.67 Å². The van der Waals surface area contributed by atoms with Gasteiger partial charge in [-0.2, -0.15) is 0 Å². The van der Waals surface area contributed by atoms with Gasteiger partial charge in [-0.3, -0.25) is 19.7 Å². The SMILES string of the molecule is O=C(Cn1cnc(NC(=O)Cn2c3ccccc3c(=O)c3ccccc32)n1)NCc1ccccc1. The lowest BCUT2D eigenvalue weighted by Gasteiger charge is -2.14. The molecule has 35 heavy (non-hydrogen) atoms. The van der Waals surface area contributed by atoms with Gasteiger partial charge in [0.05, 0.1) is 11.0 Å². The Morgan fingerprint density at radius 3 is 2.09 bits per heavy atom. The van der Waals surface area contributed by atoms with Crippen molar-refractivity contribution in [3.05, 3.63) is 101 Å². The topological polar surface area (TPSA) is 111 Å². The van der Waals surface area contributed by atoms with E-state index in [0.29, 0.717) is 28.4 Å².